The first-order valence-electron chi connectivity index (χ1n) is 10.2. The average Bonchev–Trinajstić information content (AvgIpc) is 3.15. The Labute approximate surface area is 179 Å². The molecule has 2 aromatic heterocycles. The number of rotatable bonds is 6. The smallest absolute Gasteiger partial charge is 0.325 e. The molecule has 0 fully saturated rings. The van der Waals surface area contributed by atoms with Gasteiger partial charge in [-0.1, -0.05) is 43.7 Å². The summed E-state index contributed by atoms with van der Waals surface area (Å²) in [7, 11) is 1.93. The van der Waals surface area contributed by atoms with Crippen LogP contribution in [0.5, 0.6) is 0 Å². The number of fused-ring (bicyclic) bond motifs is 3. The molecule has 3 aromatic rings. The second-order valence-electron chi connectivity index (χ2n) is 7.43. The molecule has 1 aliphatic heterocycles. The largest absolute Gasteiger partial charge is 0.347 e. The number of thioether (sulfide) groups is 1. The summed E-state index contributed by atoms with van der Waals surface area (Å²) in [4.78, 5) is 30.6. The van der Waals surface area contributed by atoms with Gasteiger partial charge in [0.1, 0.15) is 5.69 Å². The average molecular weight is 425 g/mol. The SMILES string of the molecule is CCCCCSc1n[n+]2c(c(=O)[nH]1)-c1ccccc1N(C(C)=O)[C@H]2c1cccn1C. The molecule has 1 aromatic carbocycles. The molecule has 30 heavy (non-hydrogen) atoms. The van der Waals surface area contributed by atoms with Crippen LogP contribution < -0.4 is 15.1 Å². The van der Waals surface area contributed by atoms with Gasteiger partial charge in [0, 0.05) is 31.0 Å². The molecule has 0 bridgehead atoms. The molecule has 7 nitrogen and oxygen atoms in total. The zero-order valence-corrected chi connectivity index (χ0v) is 18.3. The topological polar surface area (TPSA) is 74.9 Å². The predicted molar refractivity (Wildman–Crippen MR) is 117 cm³/mol. The first kappa shape index (κ1) is 20.4. The zero-order chi connectivity index (χ0) is 21.3. The van der Waals surface area contributed by atoms with Gasteiger partial charge in [-0.05, 0) is 35.4 Å². The number of aromatic nitrogens is 4. The van der Waals surface area contributed by atoms with E-state index in [1.165, 1.54) is 0 Å². The number of H-pyrrole nitrogens is 1. The number of aryl methyl sites for hydroxylation is 1. The summed E-state index contributed by atoms with van der Waals surface area (Å²) in [6.45, 7) is 3.71. The highest BCUT2D eigenvalue weighted by Gasteiger charge is 2.45. The molecule has 1 N–H and O–H groups in total. The molecule has 0 spiro atoms. The van der Waals surface area contributed by atoms with Crippen molar-refractivity contribution in [2.24, 2.45) is 7.05 Å². The van der Waals surface area contributed by atoms with Crippen LogP contribution in [0, 0.1) is 0 Å². The van der Waals surface area contributed by atoms with Gasteiger partial charge in [0.25, 0.3) is 0 Å². The number of anilines is 1. The van der Waals surface area contributed by atoms with Crippen LogP contribution in [0.1, 0.15) is 45.0 Å². The Morgan fingerprint density at radius 3 is 2.73 bits per heavy atom. The van der Waals surface area contributed by atoms with Crippen LogP contribution in [0.15, 0.2) is 52.5 Å². The predicted octanol–water partition coefficient (Wildman–Crippen LogP) is 3.26. The molecular formula is C22H26N5O2S+. The van der Waals surface area contributed by atoms with E-state index in [1.54, 1.807) is 28.3 Å². The standard InChI is InChI=1S/C22H25N5O2S/c1-4-5-8-14-30-22-23-20(29)19-16-10-6-7-11-17(16)26(15(2)28)21(27(19)24-22)18-12-9-13-25(18)3/h6-7,9-13,21H,4-5,8,14H2,1-3H3/p+1/t21-/m1/s1. The summed E-state index contributed by atoms with van der Waals surface area (Å²) in [6, 6.07) is 11.4. The number of aromatic amines is 1. The lowest BCUT2D eigenvalue weighted by Gasteiger charge is -2.31. The monoisotopic (exact) mass is 424 g/mol. The van der Waals surface area contributed by atoms with Gasteiger partial charge in [-0.2, -0.15) is 0 Å². The van der Waals surface area contributed by atoms with E-state index in [1.807, 2.05) is 54.2 Å². The van der Waals surface area contributed by atoms with Crippen molar-refractivity contribution >= 4 is 23.4 Å². The third-order valence-electron chi connectivity index (χ3n) is 5.33. The Balaban J connectivity index is 1.91. The van der Waals surface area contributed by atoms with Crippen LogP contribution in [0.25, 0.3) is 11.3 Å². The van der Waals surface area contributed by atoms with Gasteiger partial charge >= 0.3 is 17.4 Å². The number of nitrogens with one attached hydrogen (secondary N) is 1. The highest BCUT2D eigenvalue weighted by molar-refractivity contribution is 7.99. The lowest BCUT2D eigenvalue weighted by molar-refractivity contribution is -0.763. The summed E-state index contributed by atoms with van der Waals surface area (Å²) < 4.78 is 3.67. The lowest BCUT2D eigenvalue weighted by atomic mass is 10.0. The molecule has 8 heteroatoms. The van der Waals surface area contributed by atoms with E-state index in [4.69, 9.17) is 5.10 Å². The fourth-order valence-corrected chi connectivity index (χ4v) is 4.76. The van der Waals surface area contributed by atoms with E-state index in [9.17, 15) is 9.59 Å². The maximum absolute atomic E-state index is 13.2. The minimum Gasteiger partial charge on any atom is -0.347 e. The van der Waals surface area contributed by atoms with E-state index in [0.29, 0.717) is 22.1 Å². The molecule has 0 saturated heterocycles. The second kappa shape index (κ2) is 8.47. The number of para-hydroxylation sites is 1. The highest BCUT2D eigenvalue weighted by atomic mass is 32.2. The Morgan fingerprint density at radius 2 is 2.03 bits per heavy atom. The van der Waals surface area contributed by atoms with Gasteiger partial charge in [-0.3, -0.25) is 14.6 Å². The summed E-state index contributed by atoms with van der Waals surface area (Å²) in [5.74, 6) is 0.781. The van der Waals surface area contributed by atoms with Crippen LogP contribution in [-0.4, -0.2) is 26.3 Å². The molecule has 3 heterocycles. The molecule has 1 aliphatic rings. The summed E-state index contributed by atoms with van der Waals surface area (Å²) in [6.07, 6.45) is 4.75. The molecular weight excluding hydrogens is 398 g/mol. The third-order valence-corrected chi connectivity index (χ3v) is 6.28. The molecule has 0 aliphatic carbocycles. The van der Waals surface area contributed by atoms with Crippen LogP contribution >= 0.6 is 11.8 Å². The third kappa shape index (κ3) is 3.56. The summed E-state index contributed by atoms with van der Waals surface area (Å²) in [5.41, 5.74) is 2.57. The summed E-state index contributed by atoms with van der Waals surface area (Å²) >= 11 is 1.54. The molecule has 1 atom stereocenters. The van der Waals surface area contributed by atoms with Gasteiger partial charge in [0.2, 0.25) is 11.1 Å². The first-order chi connectivity index (χ1) is 14.5. The molecule has 156 valence electrons. The maximum atomic E-state index is 13.2. The van der Waals surface area contributed by atoms with Crippen LogP contribution in [0.2, 0.25) is 0 Å². The van der Waals surface area contributed by atoms with Gasteiger partial charge in [-0.25, -0.2) is 4.90 Å². The quantitative estimate of drug-likeness (QED) is 0.374. The zero-order valence-electron chi connectivity index (χ0n) is 17.5. The van der Waals surface area contributed by atoms with Gasteiger partial charge in [0.15, 0.2) is 0 Å². The van der Waals surface area contributed by atoms with Gasteiger partial charge in [0.05, 0.1) is 11.3 Å². The maximum Gasteiger partial charge on any atom is 0.325 e. The van der Waals surface area contributed by atoms with Crippen molar-refractivity contribution in [3.05, 3.63) is 58.6 Å². The van der Waals surface area contributed by atoms with Crippen molar-refractivity contribution < 1.29 is 9.48 Å². The van der Waals surface area contributed by atoms with Gasteiger partial charge in [-0.15, -0.1) is 0 Å². The van der Waals surface area contributed by atoms with Crippen molar-refractivity contribution in [3.8, 4) is 11.3 Å². The Kier molecular flexibility index (Phi) is 5.76. The van der Waals surface area contributed by atoms with Crippen molar-refractivity contribution in [1.82, 2.24) is 14.6 Å². The number of hydrogen-bond acceptors (Lipinski definition) is 4. The van der Waals surface area contributed by atoms with Crippen LogP contribution in [0.3, 0.4) is 0 Å². The van der Waals surface area contributed by atoms with E-state index in [2.05, 4.69) is 11.9 Å². The lowest BCUT2D eigenvalue weighted by Crippen LogP contribution is -2.61. The fourth-order valence-electron chi connectivity index (χ4n) is 3.91. The molecule has 0 saturated carbocycles. The Bertz CT molecular complexity index is 1140. The molecule has 0 radical (unpaired) electrons. The fraction of sp³-hybridized carbons (Fsp3) is 0.364. The van der Waals surface area contributed by atoms with Crippen molar-refractivity contribution in [1.29, 1.82) is 0 Å². The Morgan fingerprint density at radius 1 is 1.23 bits per heavy atom. The molecule has 4 rings (SSSR count). The molecule has 0 unspecified atom stereocenters. The number of benzene rings is 1. The summed E-state index contributed by atoms with van der Waals surface area (Å²) in [5, 5.41) is 5.37. The van der Waals surface area contributed by atoms with Crippen molar-refractivity contribution in [3.63, 3.8) is 0 Å². The number of nitrogens with zero attached hydrogens (tertiary/aromatic N) is 4. The minimum atomic E-state index is -0.537. The number of amides is 1. The minimum absolute atomic E-state index is 0.106. The van der Waals surface area contributed by atoms with E-state index >= 15 is 0 Å². The number of carbonyl (C=O) groups is 1. The molecule has 1 amide bonds. The van der Waals surface area contributed by atoms with Crippen molar-refractivity contribution in [2.45, 2.75) is 44.4 Å². The van der Waals surface area contributed by atoms with E-state index < -0.39 is 6.17 Å². The number of hydrogen-bond donors (Lipinski definition) is 1. The van der Waals surface area contributed by atoms with Crippen LogP contribution in [-0.2, 0) is 11.8 Å². The van der Waals surface area contributed by atoms with Crippen molar-refractivity contribution in [2.75, 3.05) is 10.7 Å². The first-order valence-corrected chi connectivity index (χ1v) is 11.2. The van der Waals surface area contributed by atoms with E-state index in [-0.39, 0.29) is 11.5 Å². The van der Waals surface area contributed by atoms with E-state index in [0.717, 1.165) is 30.7 Å². The van der Waals surface area contributed by atoms with Gasteiger partial charge < -0.3 is 4.57 Å². The second-order valence-corrected chi connectivity index (χ2v) is 8.52. The number of carbonyl (C=O) groups excluding carboxylic acids is 1. The highest BCUT2D eigenvalue weighted by Crippen LogP contribution is 2.37. The normalized spacial score (nSPS) is 15.0. The Hall–Kier alpha value is -2.87. The number of unbranched alkanes of at least 4 members (excludes halogenated alkanes) is 2. The van der Waals surface area contributed by atoms with Crippen LogP contribution in [0.4, 0.5) is 5.69 Å².